The van der Waals surface area contributed by atoms with Gasteiger partial charge in [0.15, 0.2) is 0 Å². The Balaban J connectivity index is 1.75. The van der Waals surface area contributed by atoms with Gasteiger partial charge < -0.3 is 4.74 Å². The fraction of sp³-hybridized carbons (Fsp3) is 0.222. The molecule has 3 rings (SSSR count). The van der Waals surface area contributed by atoms with Crippen LogP contribution in [0, 0.1) is 0 Å². The van der Waals surface area contributed by atoms with Gasteiger partial charge in [-0.2, -0.15) is 4.31 Å². The minimum absolute atomic E-state index is 0.0508. The normalized spacial score (nSPS) is 15.0. The second-order valence-electron chi connectivity index (χ2n) is 5.93. The summed E-state index contributed by atoms with van der Waals surface area (Å²) in [6.45, 7) is 1.05. The first-order valence-electron chi connectivity index (χ1n) is 8.43. The van der Waals surface area contributed by atoms with E-state index in [9.17, 15) is 18.0 Å². The molecule has 2 N–H and O–H groups in total. The van der Waals surface area contributed by atoms with Crippen molar-refractivity contribution in [3.8, 4) is 0 Å². The first kappa shape index (κ1) is 20.5. The number of hydrazine groups is 1. The van der Waals surface area contributed by atoms with Crippen LogP contribution in [0.5, 0.6) is 0 Å². The van der Waals surface area contributed by atoms with E-state index >= 15 is 0 Å². The Morgan fingerprint density at radius 1 is 0.929 bits per heavy atom. The highest BCUT2D eigenvalue weighted by Gasteiger charge is 2.30. The molecule has 2 aromatic carbocycles. The predicted octanol–water partition coefficient (Wildman–Crippen LogP) is 1.54. The monoisotopic (exact) mass is 467 g/mol. The van der Waals surface area contributed by atoms with Crippen LogP contribution in [0.1, 0.15) is 20.7 Å². The number of amides is 2. The molecule has 0 atom stereocenters. The quantitative estimate of drug-likeness (QED) is 0.663. The smallest absolute Gasteiger partial charge is 0.271 e. The molecule has 0 unspecified atom stereocenters. The maximum absolute atomic E-state index is 12.9. The van der Waals surface area contributed by atoms with E-state index in [0.29, 0.717) is 18.8 Å². The molecular weight excluding hydrogens is 450 g/mol. The van der Waals surface area contributed by atoms with Crippen LogP contribution in [0.15, 0.2) is 57.9 Å². The Morgan fingerprint density at radius 3 is 2.21 bits per heavy atom. The van der Waals surface area contributed by atoms with Gasteiger partial charge in [0.1, 0.15) is 0 Å². The number of ether oxygens (including phenoxy) is 1. The highest BCUT2D eigenvalue weighted by atomic mass is 79.9. The topological polar surface area (TPSA) is 105 Å². The molecule has 1 aliphatic heterocycles. The molecule has 1 saturated heterocycles. The highest BCUT2D eigenvalue weighted by Crippen LogP contribution is 2.21. The molecule has 28 heavy (non-hydrogen) atoms. The highest BCUT2D eigenvalue weighted by molar-refractivity contribution is 9.10. The molecule has 2 amide bonds. The molecular formula is C18H18BrN3O5S. The summed E-state index contributed by atoms with van der Waals surface area (Å²) in [5.41, 5.74) is 4.86. The third kappa shape index (κ3) is 4.58. The molecule has 0 aromatic heterocycles. The first-order valence-corrected chi connectivity index (χ1v) is 10.7. The average molecular weight is 468 g/mol. The van der Waals surface area contributed by atoms with Gasteiger partial charge in [0, 0.05) is 23.1 Å². The SMILES string of the molecule is O=C(NNC(=O)c1ccccc1S(=O)(=O)N1CCOCC1)c1ccc(Br)cc1. The molecule has 1 fully saturated rings. The molecule has 0 spiro atoms. The van der Waals surface area contributed by atoms with E-state index in [1.54, 1.807) is 36.4 Å². The molecule has 0 bridgehead atoms. The summed E-state index contributed by atoms with van der Waals surface area (Å²) in [4.78, 5) is 24.6. The van der Waals surface area contributed by atoms with E-state index in [1.807, 2.05) is 0 Å². The van der Waals surface area contributed by atoms with Gasteiger partial charge >= 0.3 is 0 Å². The summed E-state index contributed by atoms with van der Waals surface area (Å²) in [6.07, 6.45) is 0. The van der Waals surface area contributed by atoms with E-state index in [0.717, 1.165) is 4.47 Å². The van der Waals surface area contributed by atoms with Gasteiger partial charge in [0.05, 0.1) is 23.7 Å². The third-order valence-corrected chi connectivity index (χ3v) is 6.60. The van der Waals surface area contributed by atoms with E-state index < -0.39 is 21.8 Å². The van der Waals surface area contributed by atoms with Crippen LogP contribution < -0.4 is 10.9 Å². The van der Waals surface area contributed by atoms with E-state index in [-0.39, 0.29) is 23.5 Å². The van der Waals surface area contributed by atoms with Gasteiger partial charge in [-0.15, -0.1) is 0 Å². The van der Waals surface area contributed by atoms with E-state index in [1.165, 1.54) is 16.4 Å². The second-order valence-corrected chi connectivity index (χ2v) is 8.75. The Morgan fingerprint density at radius 2 is 1.54 bits per heavy atom. The number of rotatable bonds is 4. The van der Waals surface area contributed by atoms with Gasteiger partial charge in [0.25, 0.3) is 11.8 Å². The van der Waals surface area contributed by atoms with Crippen molar-refractivity contribution in [3.05, 3.63) is 64.1 Å². The second kappa shape index (κ2) is 8.82. The van der Waals surface area contributed by atoms with Crippen LogP contribution in [-0.4, -0.2) is 50.8 Å². The Bertz CT molecular complexity index is 973. The Kier molecular flexibility index (Phi) is 6.45. The van der Waals surface area contributed by atoms with Gasteiger partial charge in [-0.05, 0) is 36.4 Å². The molecule has 1 aliphatic rings. The molecule has 1 heterocycles. The van der Waals surface area contributed by atoms with Crippen molar-refractivity contribution < 1.29 is 22.7 Å². The van der Waals surface area contributed by atoms with Crippen molar-refractivity contribution >= 4 is 37.8 Å². The summed E-state index contributed by atoms with van der Waals surface area (Å²) in [6, 6.07) is 12.4. The van der Waals surface area contributed by atoms with Gasteiger partial charge in [-0.3, -0.25) is 20.4 Å². The first-order chi connectivity index (χ1) is 13.4. The number of nitrogens with zero attached hydrogens (tertiary/aromatic N) is 1. The fourth-order valence-electron chi connectivity index (χ4n) is 2.66. The molecule has 8 nitrogen and oxygen atoms in total. The van der Waals surface area contributed by atoms with E-state index in [2.05, 4.69) is 26.8 Å². The minimum Gasteiger partial charge on any atom is -0.379 e. The summed E-state index contributed by atoms with van der Waals surface area (Å²) >= 11 is 3.28. The number of sulfonamides is 1. The summed E-state index contributed by atoms with van der Waals surface area (Å²) in [5, 5.41) is 0. The van der Waals surface area contributed by atoms with Crippen molar-refractivity contribution in [2.24, 2.45) is 0 Å². The molecule has 10 heteroatoms. The largest absolute Gasteiger partial charge is 0.379 e. The lowest BCUT2D eigenvalue weighted by Crippen LogP contribution is -2.43. The zero-order valence-electron chi connectivity index (χ0n) is 14.7. The number of carbonyl (C=O) groups excluding carboxylic acids is 2. The van der Waals surface area contributed by atoms with Crippen molar-refractivity contribution in [3.63, 3.8) is 0 Å². The van der Waals surface area contributed by atoms with Gasteiger partial charge in [-0.1, -0.05) is 28.1 Å². The summed E-state index contributed by atoms with van der Waals surface area (Å²) in [7, 11) is -3.86. The number of hydrogen-bond acceptors (Lipinski definition) is 5. The van der Waals surface area contributed by atoms with Crippen LogP contribution >= 0.6 is 15.9 Å². The van der Waals surface area contributed by atoms with Crippen LogP contribution in [-0.2, 0) is 14.8 Å². The number of hydrogen-bond donors (Lipinski definition) is 2. The zero-order valence-corrected chi connectivity index (χ0v) is 17.1. The lowest BCUT2D eigenvalue weighted by Gasteiger charge is -2.26. The number of morpholine rings is 1. The van der Waals surface area contributed by atoms with Crippen LogP contribution in [0.3, 0.4) is 0 Å². The van der Waals surface area contributed by atoms with Gasteiger partial charge in [-0.25, -0.2) is 8.42 Å². The number of carbonyl (C=O) groups is 2. The predicted molar refractivity (Wildman–Crippen MR) is 105 cm³/mol. The molecule has 148 valence electrons. The number of benzene rings is 2. The van der Waals surface area contributed by atoms with Crippen molar-refractivity contribution in [1.29, 1.82) is 0 Å². The number of halogens is 1. The van der Waals surface area contributed by atoms with Gasteiger partial charge in [0.2, 0.25) is 10.0 Å². The minimum atomic E-state index is -3.86. The molecule has 0 aliphatic carbocycles. The Hall–Kier alpha value is -2.27. The summed E-state index contributed by atoms with van der Waals surface area (Å²) in [5.74, 6) is -1.24. The Labute approximate surface area is 171 Å². The fourth-order valence-corrected chi connectivity index (χ4v) is 4.52. The zero-order chi connectivity index (χ0) is 20.1. The van der Waals surface area contributed by atoms with Crippen molar-refractivity contribution in [2.75, 3.05) is 26.3 Å². The van der Waals surface area contributed by atoms with Crippen LogP contribution in [0.25, 0.3) is 0 Å². The lowest BCUT2D eigenvalue weighted by atomic mass is 10.2. The standard InChI is InChI=1S/C18H18BrN3O5S/c19-14-7-5-13(6-8-14)17(23)20-21-18(24)15-3-1-2-4-16(15)28(25,26)22-9-11-27-12-10-22/h1-8H,9-12H2,(H,20,23)(H,21,24). The maximum atomic E-state index is 12.9. The maximum Gasteiger partial charge on any atom is 0.271 e. The van der Waals surface area contributed by atoms with Crippen LogP contribution in [0.4, 0.5) is 0 Å². The average Bonchev–Trinajstić information content (AvgIpc) is 2.73. The number of nitrogens with one attached hydrogen (secondary N) is 2. The van der Waals surface area contributed by atoms with Crippen molar-refractivity contribution in [2.45, 2.75) is 4.90 Å². The lowest BCUT2D eigenvalue weighted by molar-refractivity contribution is 0.0729. The molecule has 0 saturated carbocycles. The van der Waals surface area contributed by atoms with E-state index in [4.69, 9.17) is 4.74 Å². The summed E-state index contributed by atoms with van der Waals surface area (Å²) < 4.78 is 33.1. The molecule has 0 radical (unpaired) electrons. The van der Waals surface area contributed by atoms with Crippen molar-refractivity contribution in [1.82, 2.24) is 15.2 Å². The van der Waals surface area contributed by atoms with Crippen LogP contribution in [0.2, 0.25) is 0 Å². The molecule has 2 aromatic rings. The third-order valence-electron chi connectivity index (χ3n) is 4.12.